The second kappa shape index (κ2) is 5.99. The van der Waals surface area contributed by atoms with E-state index in [0.717, 1.165) is 6.42 Å². The fourth-order valence-corrected chi connectivity index (χ4v) is 3.79. The molecule has 0 unspecified atom stereocenters. The molecule has 25 heavy (non-hydrogen) atoms. The molecule has 1 aliphatic rings. The summed E-state index contributed by atoms with van der Waals surface area (Å²) in [5, 5.41) is 19.1. The van der Waals surface area contributed by atoms with Gasteiger partial charge in [-0.05, 0) is 39.3 Å². The highest BCUT2D eigenvalue weighted by atomic mass is 16.6. The largest absolute Gasteiger partial charge is 0.508 e. The van der Waals surface area contributed by atoms with E-state index in [0.29, 0.717) is 12.0 Å². The summed E-state index contributed by atoms with van der Waals surface area (Å²) in [6.07, 6.45) is 1.34. The molecule has 2 aromatic rings. The van der Waals surface area contributed by atoms with E-state index >= 15 is 0 Å². The molecule has 5 nitrogen and oxygen atoms in total. The van der Waals surface area contributed by atoms with Crippen molar-refractivity contribution in [1.29, 1.82) is 0 Å². The van der Waals surface area contributed by atoms with Crippen molar-refractivity contribution in [2.45, 2.75) is 39.0 Å². The van der Waals surface area contributed by atoms with E-state index in [1.54, 1.807) is 0 Å². The third-order valence-electron chi connectivity index (χ3n) is 5.23. The summed E-state index contributed by atoms with van der Waals surface area (Å²) < 4.78 is 2.22. The molecule has 0 bridgehead atoms. The Hall–Kier alpha value is -2.69. The van der Waals surface area contributed by atoms with E-state index in [1.807, 2.05) is 0 Å². The highest BCUT2D eigenvalue weighted by Crippen LogP contribution is 2.40. The Balaban J connectivity index is 1.91. The summed E-state index contributed by atoms with van der Waals surface area (Å²) in [4.78, 5) is 10.9. The van der Waals surface area contributed by atoms with E-state index in [9.17, 15) is 10.0 Å². The van der Waals surface area contributed by atoms with Gasteiger partial charge in [0, 0.05) is 35.7 Å². The van der Waals surface area contributed by atoms with Crippen molar-refractivity contribution < 1.29 is 19.8 Å². The molecule has 0 aliphatic carbocycles. The fraction of sp³-hybridized carbons (Fsp3) is 0.350. The predicted molar refractivity (Wildman–Crippen MR) is 96.6 cm³/mol. The van der Waals surface area contributed by atoms with E-state index < -0.39 is 0 Å². The van der Waals surface area contributed by atoms with Crippen molar-refractivity contribution >= 4 is 17.1 Å². The molecule has 130 valence electrons. The average molecular weight is 340 g/mol. The fourth-order valence-electron chi connectivity index (χ4n) is 3.79. The molecule has 0 saturated heterocycles. The topological polar surface area (TPSA) is 63.6 Å². The molecular formula is C20H24N2O3+2. The standard InChI is InChI=1S/C20H23N2O3/c1-13-5-8-17-16(11-13)20(2,3)19(21(17)4)10-6-14-12-15(22(24)25)7-9-18(14)23/h5,7-9,11-12H,6,10H2,1-4H3,(H-,23,24,25)/q+1/p+1. The molecule has 0 atom stereocenters. The smallest absolute Gasteiger partial charge is 0.317 e. The van der Waals surface area contributed by atoms with Crippen molar-refractivity contribution in [1.82, 2.24) is 0 Å². The van der Waals surface area contributed by atoms with Crippen LogP contribution in [0.1, 0.15) is 37.0 Å². The average Bonchev–Trinajstić information content (AvgIpc) is 2.73. The number of benzene rings is 2. The SMILES string of the molecule is Cc1ccc2c(c1)C(C)(C)C(CCc1cc([N+](=O)O)ccc1O)=[N+]2C. The van der Waals surface area contributed by atoms with Gasteiger partial charge in [0.05, 0.1) is 10.3 Å². The molecular weight excluding hydrogens is 316 g/mol. The van der Waals surface area contributed by atoms with Crippen LogP contribution in [0.5, 0.6) is 5.75 Å². The number of hydrogen-bond acceptors (Lipinski definition) is 2. The van der Waals surface area contributed by atoms with Gasteiger partial charge in [0.1, 0.15) is 12.8 Å². The zero-order chi connectivity index (χ0) is 18.4. The lowest BCUT2D eigenvalue weighted by Crippen LogP contribution is -2.29. The maximum atomic E-state index is 11.1. The van der Waals surface area contributed by atoms with Crippen LogP contribution in [-0.4, -0.2) is 32.6 Å². The lowest BCUT2D eigenvalue weighted by Gasteiger charge is -2.18. The van der Waals surface area contributed by atoms with Crippen LogP contribution in [0.25, 0.3) is 0 Å². The zero-order valence-corrected chi connectivity index (χ0v) is 15.1. The zero-order valence-electron chi connectivity index (χ0n) is 15.1. The molecule has 1 aliphatic heterocycles. The number of nitrogens with zero attached hydrogens (tertiary/aromatic N) is 2. The van der Waals surface area contributed by atoms with Crippen molar-refractivity contribution in [3.63, 3.8) is 0 Å². The van der Waals surface area contributed by atoms with Crippen LogP contribution < -0.4 is 0 Å². The van der Waals surface area contributed by atoms with Gasteiger partial charge in [-0.1, -0.05) is 11.6 Å². The summed E-state index contributed by atoms with van der Waals surface area (Å²) in [5.74, 6) is 0.137. The van der Waals surface area contributed by atoms with Gasteiger partial charge in [-0.25, -0.2) is 9.78 Å². The molecule has 0 aromatic heterocycles. The predicted octanol–water partition coefficient (Wildman–Crippen LogP) is 4.14. The second-order valence-electron chi connectivity index (χ2n) is 7.24. The number of hydrogen-bond donors (Lipinski definition) is 2. The minimum absolute atomic E-state index is 0.0924. The van der Waals surface area contributed by atoms with Crippen LogP contribution in [0.2, 0.25) is 0 Å². The van der Waals surface area contributed by atoms with Crippen LogP contribution in [-0.2, 0) is 11.8 Å². The van der Waals surface area contributed by atoms with Gasteiger partial charge in [0.25, 0.3) is 4.92 Å². The summed E-state index contributed by atoms with van der Waals surface area (Å²) >= 11 is 0. The van der Waals surface area contributed by atoms with Crippen LogP contribution >= 0.6 is 0 Å². The lowest BCUT2D eigenvalue weighted by atomic mass is 9.79. The number of fused-ring (bicyclic) bond motifs is 1. The Kier molecular flexibility index (Phi) is 4.11. The monoisotopic (exact) mass is 340 g/mol. The second-order valence-corrected chi connectivity index (χ2v) is 7.24. The Morgan fingerprint density at radius 1 is 1.12 bits per heavy atom. The van der Waals surface area contributed by atoms with Crippen LogP contribution in [0, 0.1) is 11.8 Å². The number of rotatable bonds is 4. The van der Waals surface area contributed by atoms with E-state index in [1.165, 1.54) is 40.7 Å². The van der Waals surface area contributed by atoms with Crippen molar-refractivity contribution in [3.8, 4) is 5.75 Å². The molecule has 0 radical (unpaired) electrons. The Bertz CT molecular complexity index is 898. The normalized spacial score (nSPS) is 15.4. The van der Waals surface area contributed by atoms with Crippen molar-refractivity contribution in [2.24, 2.45) is 0 Å². The van der Waals surface area contributed by atoms with Crippen LogP contribution in [0.4, 0.5) is 11.4 Å². The molecule has 0 fully saturated rings. The molecule has 3 rings (SSSR count). The number of aromatic hydroxyl groups is 1. The maximum Gasteiger partial charge on any atom is 0.317 e. The third kappa shape index (κ3) is 2.90. The summed E-state index contributed by atoms with van der Waals surface area (Å²) in [5.41, 5.74) is 5.71. The van der Waals surface area contributed by atoms with Gasteiger partial charge in [-0.15, -0.1) is 0 Å². The molecule has 5 heteroatoms. The highest BCUT2D eigenvalue weighted by Gasteiger charge is 2.43. The van der Waals surface area contributed by atoms with E-state index in [4.69, 9.17) is 5.21 Å². The first kappa shape index (κ1) is 17.1. The van der Waals surface area contributed by atoms with E-state index in [-0.39, 0.29) is 21.8 Å². The third-order valence-corrected chi connectivity index (χ3v) is 5.23. The van der Waals surface area contributed by atoms with Gasteiger partial charge >= 0.3 is 5.69 Å². The van der Waals surface area contributed by atoms with Crippen LogP contribution in [0.3, 0.4) is 0 Å². The van der Waals surface area contributed by atoms with Crippen molar-refractivity contribution in [3.05, 3.63) is 58.0 Å². The van der Waals surface area contributed by atoms with Gasteiger partial charge < -0.3 is 5.11 Å². The minimum Gasteiger partial charge on any atom is -0.508 e. The minimum atomic E-state index is -0.180. The molecule has 0 spiro atoms. The first-order chi connectivity index (χ1) is 11.7. The van der Waals surface area contributed by atoms with E-state index in [2.05, 4.69) is 50.6 Å². The summed E-state index contributed by atoms with van der Waals surface area (Å²) in [6.45, 7) is 6.53. The number of aryl methyl sites for hydroxylation is 2. The molecule has 0 amide bonds. The Morgan fingerprint density at radius 3 is 2.52 bits per heavy atom. The van der Waals surface area contributed by atoms with Gasteiger partial charge in [0.15, 0.2) is 5.71 Å². The Labute approximate surface area is 147 Å². The summed E-state index contributed by atoms with van der Waals surface area (Å²) in [7, 11) is 2.07. The van der Waals surface area contributed by atoms with Crippen molar-refractivity contribution in [2.75, 3.05) is 7.05 Å². The number of phenols is 1. The maximum absolute atomic E-state index is 11.1. The first-order valence-electron chi connectivity index (χ1n) is 8.41. The first-order valence-corrected chi connectivity index (χ1v) is 8.41. The molecule has 2 aromatic carbocycles. The van der Waals surface area contributed by atoms with Gasteiger partial charge in [0.2, 0.25) is 5.69 Å². The lowest BCUT2D eigenvalue weighted by molar-refractivity contribution is -0.729. The van der Waals surface area contributed by atoms with Gasteiger partial charge in [-0.2, -0.15) is 0 Å². The highest BCUT2D eigenvalue weighted by molar-refractivity contribution is 5.95. The Morgan fingerprint density at radius 2 is 1.84 bits per heavy atom. The quantitative estimate of drug-likeness (QED) is 0.649. The molecule has 2 N–H and O–H groups in total. The van der Waals surface area contributed by atoms with Crippen LogP contribution in [0.15, 0.2) is 36.4 Å². The van der Waals surface area contributed by atoms with Gasteiger partial charge in [-0.3, -0.25) is 0 Å². The number of phenolic OH excluding ortho intramolecular Hbond substituents is 1. The molecule has 0 saturated carbocycles. The molecule has 1 heterocycles. The summed E-state index contributed by atoms with van der Waals surface area (Å²) in [6, 6.07) is 10.9.